The summed E-state index contributed by atoms with van der Waals surface area (Å²) in [6.45, 7) is 4.69. The van der Waals surface area contributed by atoms with E-state index in [9.17, 15) is 9.59 Å². The van der Waals surface area contributed by atoms with E-state index in [4.69, 9.17) is 5.73 Å². The van der Waals surface area contributed by atoms with Crippen LogP contribution in [-0.2, 0) is 11.3 Å². The van der Waals surface area contributed by atoms with Gasteiger partial charge >= 0.3 is 0 Å². The number of hydrogen-bond acceptors (Lipinski definition) is 3. The summed E-state index contributed by atoms with van der Waals surface area (Å²) in [5.41, 5.74) is 6.92. The van der Waals surface area contributed by atoms with Gasteiger partial charge in [-0.3, -0.25) is 9.59 Å². The van der Waals surface area contributed by atoms with Gasteiger partial charge in [0, 0.05) is 37.2 Å². The third-order valence-electron chi connectivity index (χ3n) is 4.95. The molecule has 2 atom stereocenters. The molecule has 2 amide bonds. The Hall–Kier alpha value is -1.88. The summed E-state index contributed by atoms with van der Waals surface area (Å²) in [7, 11) is 0. The maximum Gasteiger partial charge on any atom is 0.248 e. The van der Waals surface area contributed by atoms with Crippen molar-refractivity contribution in [3.8, 4) is 0 Å². The third-order valence-corrected chi connectivity index (χ3v) is 4.95. The van der Waals surface area contributed by atoms with Gasteiger partial charge in [-0.05, 0) is 42.9 Å². The lowest BCUT2D eigenvalue weighted by atomic mass is 9.93. The lowest BCUT2D eigenvalue weighted by Gasteiger charge is -2.37. The van der Waals surface area contributed by atoms with Crippen molar-refractivity contribution in [3.63, 3.8) is 0 Å². The fourth-order valence-electron chi connectivity index (χ4n) is 3.27. The Morgan fingerprint density at radius 1 is 1.22 bits per heavy atom. The highest BCUT2D eigenvalue weighted by Gasteiger charge is 2.36. The topological polar surface area (TPSA) is 75.4 Å². The molecule has 0 bridgehead atoms. The van der Waals surface area contributed by atoms with Gasteiger partial charge in [0.15, 0.2) is 0 Å². The molecule has 1 heterocycles. The number of primary amides is 1. The summed E-state index contributed by atoms with van der Waals surface area (Å²) < 4.78 is 0. The average molecular weight is 315 g/mol. The minimum absolute atomic E-state index is 0.315. The molecule has 3 N–H and O–H groups in total. The summed E-state index contributed by atoms with van der Waals surface area (Å²) >= 11 is 0. The lowest BCUT2D eigenvalue weighted by Crippen LogP contribution is -2.50. The van der Waals surface area contributed by atoms with Gasteiger partial charge in [-0.2, -0.15) is 0 Å². The van der Waals surface area contributed by atoms with Crippen LogP contribution in [0.2, 0.25) is 0 Å². The normalized spacial score (nSPS) is 24.5. The number of likely N-dealkylation sites (tertiary alicyclic amines) is 1. The molecule has 1 aromatic carbocycles. The molecule has 1 saturated carbocycles. The van der Waals surface area contributed by atoms with Gasteiger partial charge in [0.05, 0.1) is 0 Å². The maximum atomic E-state index is 12.1. The van der Waals surface area contributed by atoms with Crippen molar-refractivity contribution in [2.45, 2.75) is 38.8 Å². The molecule has 1 saturated heterocycles. The Morgan fingerprint density at radius 2 is 1.91 bits per heavy atom. The van der Waals surface area contributed by atoms with Crippen LogP contribution < -0.4 is 11.1 Å². The number of nitrogens with two attached hydrogens (primary N) is 1. The van der Waals surface area contributed by atoms with Gasteiger partial charge in [0.25, 0.3) is 0 Å². The van der Waals surface area contributed by atoms with Crippen molar-refractivity contribution in [3.05, 3.63) is 35.4 Å². The number of carbonyl (C=O) groups is 2. The number of rotatable bonds is 5. The smallest absolute Gasteiger partial charge is 0.248 e. The van der Waals surface area contributed by atoms with Gasteiger partial charge in [0.1, 0.15) is 0 Å². The average Bonchev–Trinajstić information content (AvgIpc) is 3.38. The molecular formula is C18H25N3O2. The molecular weight excluding hydrogens is 290 g/mol. The summed E-state index contributed by atoms with van der Waals surface area (Å²) in [5.74, 6) is 0.731. The standard InChI is InChI=1S/C18H25N3O2/c1-12-11-21(18(23)15-6-7-15)9-8-16(12)20-10-13-2-4-14(5-3-13)17(19)22/h2-5,12,15-16,20H,6-11H2,1H3,(H2,19,22)/t12-,16-/m0/s1. The fourth-order valence-corrected chi connectivity index (χ4v) is 3.27. The number of amides is 2. The van der Waals surface area contributed by atoms with Crippen LogP contribution in [0.4, 0.5) is 0 Å². The molecule has 124 valence electrons. The molecule has 1 aliphatic heterocycles. The van der Waals surface area contributed by atoms with Crippen molar-refractivity contribution in [2.24, 2.45) is 17.6 Å². The van der Waals surface area contributed by atoms with E-state index in [0.29, 0.717) is 29.3 Å². The zero-order chi connectivity index (χ0) is 16.4. The second kappa shape index (κ2) is 6.71. The Morgan fingerprint density at radius 3 is 2.48 bits per heavy atom. The molecule has 2 fully saturated rings. The van der Waals surface area contributed by atoms with Crippen molar-refractivity contribution < 1.29 is 9.59 Å². The van der Waals surface area contributed by atoms with Crippen LogP contribution >= 0.6 is 0 Å². The Labute approximate surface area is 137 Å². The van der Waals surface area contributed by atoms with E-state index in [1.54, 1.807) is 12.1 Å². The van der Waals surface area contributed by atoms with Gasteiger partial charge in [-0.15, -0.1) is 0 Å². The molecule has 3 rings (SSSR count). The number of piperidine rings is 1. The second-order valence-electron chi connectivity index (χ2n) is 6.87. The molecule has 0 aromatic heterocycles. The first-order valence-corrected chi connectivity index (χ1v) is 8.45. The fraction of sp³-hybridized carbons (Fsp3) is 0.556. The van der Waals surface area contributed by atoms with Crippen LogP contribution in [0.15, 0.2) is 24.3 Å². The minimum Gasteiger partial charge on any atom is -0.366 e. The molecule has 0 unspecified atom stereocenters. The van der Waals surface area contributed by atoms with Crippen LogP contribution in [0.5, 0.6) is 0 Å². The maximum absolute atomic E-state index is 12.1. The zero-order valence-electron chi connectivity index (χ0n) is 13.6. The Balaban J connectivity index is 1.49. The van der Waals surface area contributed by atoms with Crippen molar-refractivity contribution in [1.29, 1.82) is 0 Å². The number of hydrogen-bond donors (Lipinski definition) is 2. The van der Waals surface area contributed by atoms with Crippen LogP contribution in [-0.4, -0.2) is 35.8 Å². The lowest BCUT2D eigenvalue weighted by molar-refractivity contribution is -0.134. The van der Waals surface area contributed by atoms with E-state index in [-0.39, 0.29) is 0 Å². The highest BCUT2D eigenvalue weighted by atomic mass is 16.2. The van der Waals surface area contributed by atoms with E-state index < -0.39 is 5.91 Å². The predicted octanol–water partition coefficient (Wildman–Crippen LogP) is 1.52. The highest BCUT2D eigenvalue weighted by Crippen LogP contribution is 2.32. The summed E-state index contributed by atoms with van der Waals surface area (Å²) in [5, 5.41) is 3.59. The van der Waals surface area contributed by atoms with Crippen molar-refractivity contribution >= 4 is 11.8 Å². The predicted molar refractivity (Wildman–Crippen MR) is 88.7 cm³/mol. The third kappa shape index (κ3) is 3.91. The van der Waals surface area contributed by atoms with Crippen LogP contribution in [0, 0.1) is 11.8 Å². The monoisotopic (exact) mass is 315 g/mol. The van der Waals surface area contributed by atoms with Gasteiger partial charge < -0.3 is 16.0 Å². The number of benzene rings is 1. The summed E-state index contributed by atoms with van der Waals surface area (Å²) in [4.78, 5) is 25.3. The number of nitrogens with one attached hydrogen (secondary N) is 1. The van der Waals surface area contributed by atoms with E-state index in [1.807, 2.05) is 17.0 Å². The SMILES string of the molecule is C[C@H]1CN(C(=O)C2CC2)CC[C@@H]1NCc1ccc(C(N)=O)cc1. The summed E-state index contributed by atoms with van der Waals surface area (Å²) in [6, 6.07) is 7.82. The van der Waals surface area contributed by atoms with E-state index in [1.165, 1.54) is 0 Å². The molecule has 2 aliphatic rings. The Bertz CT molecular complexity index is 580. The molecule has 5 heteroatoms. The van der Waals surface area contributed by atoms with Gasteiger partial charge in [-0.1, -0.05) is 19.1 Å². The van der Waals surface area contributed by atoms with Crippen LogP contribution in [0.3, 0.4) is 0 Å². The van der Waals surface area contributed by atoms with Gasteiger partial charge in [-0.25, -0.2) is 0 Å². The Kier molecular flexibility index (Phi) is 4.66. The van der Waals surface area contributed by atoms with Crippen molar-refractivity contribution in [1.82, 2.24) is 10.2 Å². The largest absolute Gasteiger partial charge is 0.366 e. The minimum atomic E-state index is -0.397. The molecule has 5 nitrogen and oxygen atoms in total. The van der Waals surface area contributed by atoms with E-state index in [2.05, 4.69) is 12.2 Å². The number of carbonyl (C=O) groups excluding carboxylic acids is 2. The van der Waals surface area contributed by atoms with Gasteiger partial charge in [0.2, 0.25) is 11.8 Å². The molecule has 0 spiro atoms. The molecule has 23 heavy (non-hydrogen) atoms. The highest BCUT2D eigenvalue weighted by molar-refractivity contribution is 5.92. The first-order valence-electron chi connectivity index (χ1n) is 8.45. The van der Waals surface area contributed by atoms with E-state index in [0.717, 1.165) is 44.5 Å². The van der Waals surface area contributed by atoms with Crippen LogP contribution in [0.25, 0.3) is 0 Å². The molecule has 0 radical (unpaired) electrons. The zero-order valence-corrected chi connectivity index (χ0v) is 13.6. The first-order chi connectivity index (χ1) is 11.0. The summed E-state index contributed by atoms with van der Waals surface area (Å²) in [6.07, 6.45) is 3.15. The molecule has 1 aliphatic carbocycles. The first kappa shape index (κ1) is 16.0. The van der Waals surface area contributed by atoms with Crippen molar-refractivity contribution in [2.75, 3.05) is 13.1 Å². The second-order valence-corrected chi connectivity index (χ2v) is 6.87. The molecule has 1 aromatic rings. The number of nitrogens with zero attached hydrogens (tertiary/aromatic N) is 1. The van der Waals surface area contributed by atoms with Crippen LogP contribution in [0.1, 0.15) is 42.1 Å². The quantitative estimate of drug-likeness (QED) is 0.865. The van der Waals surface area contributed by atoms with E-state index >= 15 is 0 Å².